The minimum atomic E-state index is -1.20. The SMILES string of the molecule is CCCC(C)(NC(=O)C1CC1c1ccc2c(c1)OCCO2)C(=O)O. The zero-order valence-electron chi connectivity index (χ0n) is 14.0. The van der Waals surface area contributed by atoms with Crippen LogP contribution in [-0.4, -0.2) is 35.7 Å². The van der Waals surface area contributed by atoms with Gasteiger partial charge in [-0.3, -0.25) is 4.79 Å². The van der Waals surface area contributed by atoms with Gasteiger partial charge in [0.15, 0.2) is 11.5 Å². The van der Waals surface area contributed by atoms with Crippen LogP contribution in [0.2, 0.25) is 0 Å². The molecule has 2 aliphatic rings. The number of rotatable bonds is 6. The first-order valence-electron chi connectivity index (χ1n) is 8.39. The molecule has 3 unspecified atom stereocenters. The lowest BCUT2D eigenvalue weighted by Gasteiger charge is -2.26. The van der Waals surface area contributed by atoms with E-state index >= 15 is 0 Å². The van der Waals surface area contributed by atoms with Gasteiger partial charge in [-0.15, -0.1) is 0 Å². The topological polar surface area (TPSA) is 84.9 Å². The molecule has 1 amide bonds. The molecule has 130 valence electrons. The van der Waals surface area contributed by atoms with E-state index in [4.69, 9.17) is 9.47 Å². The first-order valence-corrected chi connectivity index (χ1v) is 8.39. The number of nitrogens with one attached hydrogen (secondary N) is 1. The minimum absolute atomic E-state index is 0.112. The van der Waals surface area contributed by atoms with E-state index in [1.807, 2.05) is 25.1 Å². The second-order valence-electron chi connectivity index (χ2n) is 6.73. The molecule has 3 atom stereocenters. The van der Waals surface area contributed by atoms with Gasteiger partial charge < -0.3 is 19.9 Å². The van der Waals surface area contributed by atoms with Gasteiger partial charge in [0.2, 0.25) is 5.91 Å². The largest absolute Gasteiger partial charge is 0.486 e. The number of benzene rings is 1. The fourth-order valence-electron chi connectivity index (χ4n) is 3.23. The molecule has 24 heavy (non-hydrogen) atoms. The number of hydrogen-bond acceptors (Lipinski definition) is 4. The first-order chi connectivity index (χ1) is 11.4. The number of fused-ring (bicyclic) bond motifs is 1. The fraction of sp³-hybridized carbons (Fsp3) is 0.556. The molecule has 1 aliphatic heterocycles. The maximum Gasteiger partial charge on any atom is 0.329 e. The summed E-state index contributed by atoms with van der Waals surface area (Å²) in [6, 6.07) is 5.75. The molecular formula is C18H23NO5. The summed E-state index contributed by atoms with van der Waals surface area (Å²) in [5.74, 6) is 0.199. The molecule has 1 aliphatic carbocycles. The lowest BCUT2D eigenvalue weighted by molar-refractivity contribution is -0.147. The lowest BCUT2D eigenvalue weighted by Crippen LogP contribution is -2.52. The molecule has 1 heterocycles. The standard InChI is InChI=1S/C18H23NO5/c1-3-6-18(2,17(21)22)19-16(20)13-10-12(13)11-4-5-14-15(9-11)24-8-7-23-14/h4-5,9,12-13H,3,6-8,10H2,1-2H3,(H,19,20)(H,21,22). The number of carboxylic acids is 1. The van der Waals surface area contributed by atoms with Crippen LogP contribution < -0.4 is 14.8 Å². The Kier molecular flexibility index (Phi) is 4.39. The number of amides is 1. The monoisotopic (exact) mass is 333 g/mol. The van der Waals surface area contributed by atoms with Crippen LogP contribution in [0.15, 0.2) is 18.2 Å². The zero-order chi connectivity index (χ0) is 17.3. The van der Waals surface area contributed by atoms with Crippen LogP contribution in [0.25, 0.3) is 0 Å². The van der Waals surface area contributed by atoms with Crippen molar-refractivity contribution in [3.05, 3.63) is 23.8 Å². The number of aliphatic carboxylic acids is 1. The summed E-state index contributed by atoms with van der Waals surface area (Å²) < 4.78 is 11.1. The molecule has 1 saturated carbocycles. The Morgan fingerprint density at radius 1 is 1.29 bits per heavy atom. The van der Waals surface area contributed by atoms with Gasteiger partial charge in [-0.2, -0.15) is 0 Å². The van der Waals surface area contributed by atoms with Crippen LogP contribution >= 0.6 is 0 Å². The van der Waals surface area contributed by atoms with Crippen molar-refractivity contribution in [1.29, 1.82) is 0 Å². The minimum Gasteiger partial charge on any atom is -0.486 e. The van der Waals surface area contributed by atoms with E-state index in [9.17, 15) is 14.7 Å². The Morgan fingerprint density at radius 3 is 2.67 bits per heavy atom. The summed E-state index contributed by atoms with van der Waals surface area (Å²) in [4.78, 5) is 23.9. The molecule has 3 rings (SSSR count). The number of carbonyl (C=O) groups is 2. The molecule has 0 saturated heterocycles. The summed E-state index contributed by atoms with van der Waals surface area (Å²) in [5.41, 5.74) is -0.168. The van der Waals surface area contributed by atoms with Gasteiger partial charge in [0.05, 0.1) is 0 Å². The summed E-state index contributed by atoms with van der Waals surface area (Å²) in [6.45, 7) is 4.55. The first kappa shape index (κ1) is 16.6. The van der Waals surface area contributed by atoms with Crippen LogP contribution in [0.4, 0.5) is 0 Å². The third-order valence-electron chi connectivity index (χ3n) is 4.74. The fourth-order valence-corrected chi connectivity index (χ4v) is 3.23. The molecule has 2 N–H and O–H groups in total. The summed E-state index contributed by atoms with van der Waals surface area (Å²) >= 11 is 0. The van der Waals surface area contributed by atoms with Crippen LogP contribution in [0, 0.1) is 5.92 Å². The average molecular weight is 333 g/mol. The molecule has 0 aromatic heterocycles. The molecule has 0 radical (unpaired) electrons. The summed E-state index contributed by atoms with van der Waals surface area (Å²) in [7, 11) is 0. The van der Waals surface area contributed by atoms with Crippen molar-refractivity contribution in [2.75, 3.05) is 13.2 Å². The van der Waals surface area contributed by atoms with Crippen LogP contribution in [-0.2, 0) is 9.59 Å². The van der Waals surface area contributed by atoms with E-state index in [0.717, 1.165) is 17.7 Å². The molecule has 0 bridgehead atoms. The van der Waals surface area contributed by atoms with Crippen LogP contribution in [0.5, 0.6) is 11.5 Å². The maximum absolute atomic E-state index is 12.4. The average Bonchev–Trinajstić information content (AvgIpc) is 3.35. The third kappa shape index (κ3) is 3.18. The van der Waals surface area contributed by atoms with Gasteiger partial charge in [-0.1, -0.05) is 19.4 Å². The highest BCUT2D eigenvalue weighted by atomic mass is 16.6. The van der Waals surface area contributed by atoms with Crippen molar-refractivity contribution in [1.82, 2.24) is 5.32 Å². The molecule has 0 spiro atoms. The number of carboxylic acid groups (broad SMARTS) is 1. The Bertz CT molecular complexity index is 659. The van der Waals surface area contributed by atoms with E-state index in [1.165, 1.54) is 0 Å². The van der Waals surface area contributed by atoms with Gasteiger partial charge in [0.25, 0.3) is 0 Å². The third-order valence-corrected chi connectivity index (χ3v) is 4.74. The van der Waals surface area contributed by atoms with Crippen molar-refractivity contribution < 1.29 is 24.2 Å². The van der Waals surface area contributed by atoms with Crippen molar-refractivity contribution in [3.63, 3.8) is 0 Å². The second-order valence-corrected chi connectivity index (χ2v) is 6.73. The Hall–Kier alpha value is -2.24. The lowest BCUT2D eigenvalue weighted by atomic mass is 9.96. The van der Waals surface area contributed by atoms with E-state index in [2.05, 4.69) is 5.32 Å². The molecule has 1 aromatic rings. The highest BCUT2D eigenvalue weighted by Gasteiger charge is 2.47. The molecule has 6 nitrogen and oxygen atoms in total. The zero-order valence-corrected chi connectivity index (χ0v) is 14.0. The molecule has 1 fully saturated rings. The van der Waals surface area contributed by atoms with Crippen molar-refractivity contribution in [3.8, 4) is 11.5 Å². The van der Waals surface area contributed by atoms with E-state index in [0.29, 0.717) is 31.8 Å². The maximum atomic E-state index is 12.4. The van der Waals surface area contributed by atoms with Crippen molar-refractivity contribution in [2.24, 2.45) is 5.92 Å². The van der Waals surface area contributed by atoms with Crippen LogP contribution in [0.1, 0.15) is 44.6 Å². The van der Waals surface area contributed by atoms with Gasteiger partial charge in [0.1, 0.15) is 18.8 Å². The van der Waals surface area contributed by atoms with Crippen molar-refractivity contribution >= 4 is 11.9 Å². The number of hydrogen-bond donors (Lipinski definition) is 2. The second kappa shape index (κ2) is 6.34. The Morgan fingerprint density at radius 2 is 2.00 bits per heavy atom. The predicted octanol–water partition coefficient (Wildman–Crippen LogP) is 2.32. The van der Waals surface area contributed by atoms with Crippen molar-refractivity contribution in [2.45, 2.75) is 44.6 Å². The molecule has 6 heteroatoms. The summed E-state index contributed by atoms with van der Waals surface area (Å²) in [5, 5.41) is 12.1. The van der Waals surface area contributed by atoms with E-state index in [-0.39, 0.29) is 17.7 Å². The number of carbonyl (C=O) groups excluding carboxylic acids is 1. The van der Waals surface area contributed by atoms with Gasteiger partial charge in [-0.05, 0) is 43.4 Å². The van der Waals surface area contributed by atoms with E-state index < -0.39 is 11.5 Å². The smallest absolute Gasteiger partial charge is 0.329 e. The summed E-state index contributed by atoms with van der Waals surface area (Å²) in [6.07, 6.45) is 1.84. The normalized spacial score (nSPS) is 23.9. The van der Waals surface area contributed by atoms with E-state index in [1.54, 1.807) is 6.92 Å². The Labute approximate surface area is 141 Å². The van der Waals surface area contributed by atoms with Crippen LogP contribution in [0.3, 0.4) is 0 Å². The quantitative estimate of drug-likeness (QED) is 0.834. The van der Waals surface area contributed by atoms with Gasteiger partial charge >= 0.3 is 5.97 Å². The highest BCUT2D eigenvalue weighted by Crippen LogP contribution is 2.49. The van der Waals surface area contributed by atoms with Gasteiger partial charge in [0, 0.05) is 5.92 Å². The van der Waals surface area contributed by atoms with Gasteiger partial charge in [-0.25, -0.2) is 4.79 Å². The Balaban J connectivity index is 1.66. The highest BCUT2D eigenvalue weighted by molar-refractivity contribution is 5.89. The number of ether oxygens (including phenoxy) is 2. The predicted molar refractivity (Wildman–Crippen MR) is 87.4 cm³/mol. The molecule has 1 aromatic carbocycles. The molecular weight excluding hydrogens is 310 g/mol.